The molecule has 1 amide bonds. The molecule has 0 heterocycles. The lowest BCUT2D eigenvalue weighted by atomic mass is 9.97. The number of carboxylic acid groups (broad SMARTS) is 1. The summed E-state index contributed by atoms with van der Waals surface area (Å²) in [5.74, 6) is -1.59. The molecule has 0 saturated heterocycles. The summed E-state index contributed by atoms with van der Waals surface area (Å²) in [5.41, 5.74) is 0. The summed E-state index contributed by atoms with van der Waals surface area (Å²) in [7, 11) is 0. The highest BCUT2D eigenvalue weighted by Crippen LogP contribution is 2.15. The number of nitrogens with zero attached hydrogens (tertiary/aromatic N) is 1. The lowest BCUT2D eigenvalue weighted by Crippen LogP contribution is -2.49. The smallest absolute Gasteiger partial charge is 0.326 e. The number of aliphatic carboxylic acids is 1. The van der Waals surface area contributed by atoms with Crippen molar-refractivity contribution in [3.05, 3.63) is 0 Å². The van der Waals surface area contributed by atoms with Crippen molar-refractivity contribution in [2.24, 2.45) is 5.92 Å². The molecule has 1 N–H and O–H groups in total. The fraction of sp³-hybridized carbons (Fsp3) is 0.833. The Bertz CT molecular complexity index is 273. The predicted molar refractivity (Wildman–Crippen MR) is 65.1 cm³/mol. The van der Waals surface area contributed by atoms with Gasteiger partial charge in [-0.25, -0.2) is 9.18 Å². The molecule has 0 aromatic carbocycles. The van der Waals surface area contributed by atoms with Crippen molar-refractivity contribution in [1.29, 1.82) is 0 Å². The van der Waals surface area contributed by atoms with Crippen LogP contribution in [0.15, 0.2) is 0 Å². The zero-order chi connectivity index (χ0) is 14.1. The second kappa shape index (κ2) is 8.85. The Balaban J connectivity index is 4.68. The van der Waals surface area contributed by atoms with Crippen LogP contribution in [0.3, 0.4) is 0 Å². The van der Waals surface area contributed by atoms with Gasteiger partial charge in [-0.05, 0) is 12.8 Å². The van der Waals surface area contributed by atoms with Crippen LogP contribution in [0.2, 0.25) is 0 Å². The fourth-order valence-corrected chi connectivity index (χ4v) is 1.73. The average molecular weight is 263 g/mol. The molecular formula is C12H22FNO4. The van der Waals surface area contributed by atoms with Crippen molar-refractivity contribution >= 4 is 11.9 Å². The van der Waals surface area contributed by atoms with Crippen LogP contribution in [-0.2, 0) is 14.3 Å². The van der Waals surface area contributed by atoms with Gasteiger partial charge in [0.2, 0.25) is 5.91 Å². The Kier molecular flexibility index (Phi) is 8.28. The number of likely N-dealkylation sites (N-methyl/N-ethyl adjacent to an activating group) is 1. The van der Waals surface area contributed by atoms with Crippen LogP contribution in [-0.4, -0.2) is 54.4 Å². The summed E-state index contributed by atoms with van der Waals surface area (Å²) in [6.07, 6.45) is 0.659. The second-order valence-corrected chi connectivity index (χ2v) is 4.09. The molecule has 6 heteroatoms. The first-order valence-corrected chi connectivity index (χ1v) is 6.15. The average Bonchev–Trinajstić information content (AvgIpc) is 2.34. The molecule has 0 fully saturated rings. The van der Waals surface area contributed by atoms with Gasteiger partial charge in [-0.2, -0.15) is 0 Å². The number of rotatable bonds is 9. The van der Waals surface area contributed by atoms with Crippen LogP contribution in [0, 0.1) is 5.92 Å². The highest BCUT2D eigenvalue weighted by Gasteiger charge is 2.32. The van der Waals surface area contributed by atoms with Gasteiger partial charge in [0.25, 0.3) is 0 Å². The molecule has 0 radical (unpaired) electrons. The van der Waals surface area contributed by atoms with Crippen LogP contribution >= 0.6 is 0 Å². The van der Waals surface area contributed by atoms with Gasteiger partial charge in [0, 0.05) is 6.54 Å². The van der Waals surface area contributed by atoms with E-state index in [2.05, 4.69) is 0 Å². The normalized spacial score (nSPS) is 14.0. The first-order valence-electron chi connectivity index (χ1n) is 6.15. The van der Waals surface area contributed by atoms with E-state index in [1.165, 1.54) is 4.90 Å². The maximum atomic E-state index is 11.9. The molecule has 0 rings (SSSR count). The standard InChI is InChI=1S/C12H22FNO4/c1-4-9(3)11(12(16)17)14(5-2)10(15)8-18-7-6-13/h9,11H,4-8H2,1-3H3,(H,16,17)/t9-,11-/m0/s1. The summed E-state index contributed by atoms with van der Waals surface area (Å²) in [4.78, 5) is 24.3. The number of carbonyl (C=O) groups excluding carboxylic acids is 1. The van der Waals surface area contributed by atoms with Crippen molar-refractivity contribution in [2.75, 3.05) is 26.4 Å². The minimum atomic E-state index is -1.02. The number of amides is 1. The molecule has 18 heavy (non-hydrogen) atoms. The van der Waals surface area contributed by atoms with E-state index in [1.807, 2.05) is 6.92 Å². The minimum Gasteiger partial charge on any atom is -0.480 e. The van der Waals surface area contributed by atoms with Crippen LogP contribution in [0.25, 0.3) is 0 Å². The monoisotopic (exact) mass is 263 g/mol. The van der Waals surface area contributed by atoms with E-state index in [0.29, 0.717) is 13.0 Å². The first-order chi connectivity index (χ1) is 8.49. The zero-order valence-electron chi connectivity index (χ0n) is 11.2. The molecule has 0 aliphatic rings. The van der Waals surface area contributed by atoms with Gasteiger partial charge in [-0.3, -0.25) is 4.79 Å². The Hall–Kier alpha value is -1.17. The molecule has 0 bridgehead atoms. The molecule has 0 aromatic heterocycles. The lowest BCUT2D eigenvalue weighted by Gasteiger charge is -2.31. The zero-order valence-corrected chi connectivity index (χ0v) is 11.2. The van der Waals surface area contributed by atoms with Gasteiger partial charge in [0.1, 0.15) is 19.3 Å². The van der Waals surface area contributed by atoms with Crippen molar-refractivity contribution in [1.82, 2.24) is 4.90 Å². The molecule has 5 nitrogen and oxygen atoms in total. The quantitative estimate of drug-likeness (QED) is 0.637. The Labute approximate surface area is 107 Å². The SMILES string of the molecule is CC[C@H](C)[C@@H](C(=O)O)N(CC)C(=O)COCCF. The summed E-state index contributed by atoms with van der Waals surface area (Å²) >= 11 is 0. The van der Waals surface area contributed by atoms with Crippen molar-refractivity contribution in [3.8, 4) is 0 Å². The number of ether oxygens (including phenoxy) is 1. The van der Waals surface area contributed by atoms with Crippen LogP contribution in [0.5, 0.6) is 0 Å². The third kappa shape index (κ3) is 5.00. The van der Waals surface area contributed by atoms with E-state index in [9.17, 15) is 19.1 Å². The van der Waals surface area contributed by atoms with E-state index < -0.39 is 24.6 Å². The molecule has 0 aliphatic heterocycles. The Morgan fingerprint density at radius 3 is 2.39 bits per heavy atom. The van der Waals surface area contributed by atoms with E-state index in [0.717, 1.165) is 0 Å². The first kappa shape index (κ1) is 16.8. The van der Waals surface area contributed by atoms with Crippen molar-refractivity contribution in [2.45, 2.75) is 33.2 Å². The summed E-state index contributed by atoms with van der Waals surface area (Å²) in [6, 6.07) is -0.860. The third-order valence-corrected chi connectivity index (χ3v) is 2.88. The number of carboxylic acids is 1. The molecular weight excluding hydrogens is 241 g/mol. The number of alkyl halides is 1. The van der Waals surface area contributed by atoms with E-state index in [4.69, 9.17) is 4.74 Å². The minimum absolute atomic E-state index is 0.146. The van der Waals surface area contributed by atoms with E-state index in [1.54, 1.807) is 13.8 Å². The van der Waals surface area contributed by atoms with Gasteiger partial charge in [-0.1, -0.05) is 20.3 Å². The lowest BCUT2D eigenvalue weighted by molar-refractivity contribution is -0.154. The van der Waals surface area contributed by atoms with Crippen LogP contribution in [0.4, 0.5) is 4.39 Å². The molecule has 0 aromatic rings. The van der Waals surface area contributed by atoms with Gasteiger partial charge in [0.05, 0.1) is 6.61 Å². The number of hydrogen-bond acceptors (Lipinski definition) is 3. The summed E-state index contributed by atoms with van der Waals surface area (Å²) in [6.45, 7) is 4.58. The fourth-order valence-electron chi connectivity index (χ4n) is 1.73. The topological polar surface area (TPSA) is 66.8 Å². The summed E-state index contributed by atoms with van der Waals surface area (Å²) in [5, 5.41) is 9.20. The van der Waals surface area contributed by atoms with Crippen LogP contribution in [0.1, 0.15) is 27.2 Å². The maximum Gasteiger partial charge on any atom is 0.326 e. The van der Waals surface area contributed by atoms with Crippen LogP contribution < -0.4 is 0 Å². The van der Waals surface area contributed by atoms with Crippen molar-refractivity contribution in [3.63, 3.8) is 0 Å². The van der Waals surface area contributed by atoms with Gasteiger partial charge in [0.15, 0.2) is 0 Å². The maximum absolute atomic E-state index is 11.9. The number of halogens is 1. The molecule has 106 valence electrons. The number of hydrogen-bond donors (Lipinski definition) is 1. The largest absolute Gasteiger partial charge is 0.480 e. The molecule has 0 unspecified atom stereocenters. The predicted octanol–water partition coefficient (Wildman–Crippen LogP) is 1.32. The van der Waals surface area contributed by atoms with Gasteiger partial charge < -0.3 is 14.7 Å². The van der Waals surface area contributed by atoms with Gasteiger partial charge in [-0.15, -0.1) is 0 Å². The van der Waals surface area contributed by atoms with E-state index in [-0.39, 0.29) is 19.1 Å². The summed E-state index contributed by atoms with van der Waals surface area (Å²) < 4.78 is 16.7. The Morgan fingerprint density at radius 2 is 2.00 bits per heavy atom. The molecule has 0 spiro atoms. The number of carbonyl (C=O) groups is 2. The Morgan fingerprint density at radius 1 is 1.39 bits per heavy atom. The van der Waals surface area contributed by atoms with Gasteiger partial charge >= 0.3 is 5.97 Å². The third-order valence-electron chi connectivity index (χ3n) is 2.88. The molecule has 2 atom stereocenters. The second-order valence-electron chi connectivity index (χ2n) is 4.09. The van der Waals surface area contributed by atoms with E-state index >= 15 is 0 Å². The highest BCUT2D eigenvalue weighted by molar-refractivity contribution is 5.84. The molecule has 0 aliphatic carbocycles. The van der Waals surface area contributed by atoms with Crippen molar-refractivity contribution < 1.29 is 23.8 Å². The highest BCUT2D eigenvalue weighted by atomic mass is 19.1. The molecule has 0 saturated carbocycles.